The van der Waals surface area contributed by atoms with Gasteiger partial charge in [0, 0.05) is 22.9 Å². The van der Waals surface area contributed by atoms with Gasteiger partial charge in [0.25, 0.3) is 5.91 Å². The Balaban J connectivity index is 1.71. The predicted molar refractivity (Wildman–Crippen MR) is 97.8 cm³/mol. The van der Waals surface area contributed by atoms with Gasteiger partial charge in [0.1, 0.15) is 6.61 Å². The second kappa shape index (κ2) is 6.43. The molecule has 1 aliphatic rings. The number of fused-ring (bicyclic) bond motifs is 2. The molecular formula is C19H17FN4O3. The summed E-state index contributed by atoms with van der Waals surface area (Å²) in [5.41, 5.74) is 6.87. The Labute approximate surface area is 154 Å². The smallest absolute Gasteiger partial charge is 0.255 e. The molecule has 1 aromatic carbocycles. The van der Waals surface area contributed by atoms with E-state index in [9.17, 15) is 9.18 Å². The van der Waals surface area contributed by atoms with Crippen LogP contribution in [0.2, 0.25) is 0 Å². The minimum Gasteiger partial charge on any atom is -0.475 e. The Kier molecular flexibility index (Phi) is 4.07. The van der Waals surface area contributed by atoms with Gasteiger partial charge in [0.15, 0.2) is 17.6 Å². The Morgan fingerprint density at radius 3 is 2.96 bits per heavy atom. The van der Waals surface area contributed by atoms with Crippen LogP contribution in [0.1, 0.15) is 18.9 Å². The lowest BCUT2D eigenvalue weighted by Gasteiger charge is -2.18. The molecule has 0 bridgehead atoms. The van der Waals surface area contributed by atoms with Gasteiger partial charge in [0.05, 0.1) is 17.0 Å². The summed E-state index contributed by atoms with van der Waals surface area (Å²) in [6.07, 6.45) is 6.10. The Morgan fingerprint density at radius 2 is 2.22 bits per heavy atom. The van der Waals surface area contributed by atoms with Gasteiger partial charge < -0.3 is 20.3 Å². The number of carbonyl (C=O) groups excluding carboxylic acids is 1. The zero-order chi connectivity index (χ0) is 19.1. The van der Waals surface area contributed by atoms with Crippen molar-refractivity contribution in [1.29, 1.82) is 0 Å². The largest absolute Gasteiger partial charge is 0.475 e. The first-order chi connectivity index (χ1) is 13.0. The zero-order valence-electron chi connectivity index (χ0n) is 14.5. The average molecular weight is 368 g/mol. The molecule has 138 valence electrons. The van der Waals surface area contributed by atoms with E-state index in [0.717, 1.165) is 5.39 Å². The molecule has 3 N–H and O–H groups in total. The van der Waals surface area contributed by atoms with E-state index in [4.69, 9.17) is 21.4 Å². The number of aromatic nitrogens is 2. The number of amides is 1. The summed E-state index contributed by atoms with van der Waals surface area (Å²) in [6.45, 7) is 1.93. The van der Waals surface area contributed by atoms with Crippen molar-refractivity contribution in [2.24, 2.45) is 5.92 Å². The number of nitrogens with zero attached hydrogens (tertiary/aromatic N) is 2. The van der Waals surface area contributed by atoms with Gasteiger partial charge >= 0.3 is 0 Å². The number of alkyl halides is 1. The first-order valence-electron chi connectivity index (χ1n) is 8.55. The van der Waals surface area contributed by atoms with Crippen LogP contribution in [0.4, 0.5) is 10.2 Å². The molecule has 0 aliphatic carbocycles. The molecule has 1 amide bonds. The minimum atomic E-state index is -1.52. The van der Waals surface area contributed by atoms with Crippen molar-refractivity contribution in [3.63, 3.8) is 0 Å². The number of pyridine rings is 1. The molecule has 3 aromatic rings. The monoisotopic (exact) mass is 368 g/mol. The lowest BCUT2D eigenvalue weighted by molar-refractivity contribution is -0.123. The maximum Gasteiger partial charge on any atom is 0.255 e. The fourth-order valence-corrected chi connectivity index (χ4v) is 3.49. The van der Waals surface area contributed by atoms with Gasteiger partial charge in [-0.15, -0.1) is 6.42 Å². The highest BCUT2D eigenvalue weighted by Gasteiger charge is 2.41. The highest BCUT2D eigenvalue weighted by Crippen LogP contribution is 2.33. The van der Waals surface area contributed by atoms with Crippen molar-refractivity contribution in [1.82, 2.24) is 15.5 Å². The molecule has 4 rings (SSSR count). The van der Waals surface area contributed by atoms with Gasteiger partial charge in [-0.25, -0.2) is 9.37 Å². The molecule has 1 fully saturated rings. The standard InChI is InChI=1S/C19H17FN4O3/c1-3-9-7-22-19(26-8-14-10(4-2)16(20)18(25)23-14)12-6-15-13(5-11(9)12)17(21)24-27-15/h1,5-7,10,14,16H,4,8H2,2H3,(H2,21,24)(H,23,25)/t10-,14?,16-/m0/s1. The summed E-state index contributed by atoms with van der Waals surface area (Å²) in [5.74, 6) is 2.12. The lowest BCUT2D eigenvalue weighted by atomic mass is 9.97. The summed E-state index contributed by atoms with van der Waals surface area (Å²) >= 11 is 0. The number of halogens is 1. The fourth-order valence-electron chi connectivity index (χ4n) is 3.49. The number of hydrogen-bond donors (Lipinski definition) is 2. The van der Waals surface area contributed by atoms with Crippen LogP contribution in [0.5, 0.6) is 5.88 Å². The first kappa shape index (κ1) is 17.1. The summed E-state index contributed by atoms with van der Waals surface area (Å²) < 4.78 is 25.0. The molecule has 0 spiro atoms. The van der Waals surface area contributed by atoms with E-state index in [1.165, 1.54) is 6.20 Å². The highest BCUT2D eigenvalue weighted by atomic mass is 19.1. The molecule has 1 aliphatic heterocycles. The second-order valence-corrected chi connectivity index (χ2v) is 6.48. The van der Waals surface area contributed by atoms with Crippen LogP contribution in [0.3, 0.4) is 0 Å². The van der Waals surface area contributed by atoms with Crippen LogP contribution in [-0.2, 0) is 4.79 Å². The van der Waals surface area contributed by atoms with Gasteiger partial charge in [-0.2, -0.15) is 0 Å². The third-order valence-electron chi connectivity index (χ3n) is 4.97. The molecule has 3 atom stereocenters. The number of nitrogens with two attached hydrogens (primary N) is 1. The van der Waals surface area contributed by atoms with Gasteiger partial charge in [-0.05, 0) is 18.6 Å². The van der Waals surface area contributed by atoms with Crippen molar-refractivity contribution in [2.75, 3.05) is 12.3 Å². The van der Waals surface area contributed by atoms with Crippen molar-refractivity contribution < 1.29 is 18.4 Å². The maximum absolute atomic E-state index is 13.9. The molecule has 8 heteroatoms. The molecule has 7 nitrogen and oxygen atoms in total. The average Bonchev–Trinajstić information content (AvgIpc) is 3.17. The first-order valence-corrected chi connectivity index (χ1v) is 8.55. The van der Waals surface area contributed by atoms with E-state index in [1.807, 2.05) is 6.92 Å². The van der Waals surface area contributed by atoms with E-state index < -0.39 is 24.0 Å². The molecule has 3 heterocycles. The number of nitrogen functional groups attached to an aromatic ring is 1. The maximum atomic E-state index is 13.9. The molecule has 1 saturated heterocycles. The van der Waals surface area contributed by atoms with Gasteiger partial charge in [0.2, 0.25) is 5.88 Å². The summed E-state index contributed by atoms with van der Waals surface area (Å²) in [7, 11) is 0. The number of carbonyl (C=O) groups is 1. The van der Waals surface area contributed by atoms with Crippen LogP contribution >= 0.6 is 0 Å². The fraction of sp³-hybridized carbons (Fsp3) is 0.316. The van der Waals surface area contributed by atoms with Crippen LogP contribution < -0.4 is 15.8 Å². The lowest BCUT2D eigenvalue weighted by Crippen LogP contribution is -2.34. The number of hydrogen-bond acceptors (Lipinski definition) is 6. The topological polar surface area (TPSA) is 103 Å². The molecule has 2 aromatic heterocycles. The number of anilines is 1. The van der Waals surface area contributed by atoms with Crippen molar-refractivity contribution in [2.45, 2.75) is 25.6 Å². The highest BCUT2D eigenvalue weighted by molar-refractivity contribution is 6.03. The third-order valence-corrected chi connectivity index (χ3v) is 4.97. The molecule has 27 heavy (non-hydrogen) atoms. The van der Waals surface area contributed by atoms with Crippen molar-refractivity contribution in [3.05, 3.63) is 23.9 Å². The van der Waals surface area contributed by atoms with E-state index >= 15 is 0 Å². The van der Waals surface area contributed by atoms with E-state index in [2.05, 4.69) is 21.4 Å². The van der Waals surface area contributed by atoms with E-state index in [0.29, 0.717) is 34.2 Å². The molecular weight excluding hydrogens is 351 g/mol. The third kappa shape index (κ3) is 2.72. The van der Waals surface area contributed by atoms with Crippen molar-refractivity contribution >= 4 is 33.5 Å². The Morgan fingerprint density at radius 1 is 1.41 bits per heavy atom. The zero-order valence-corrected chi connectivity index (χ0v) is 14.5. The molecule has 1 unspecified atom stereocenters. The van der Waals surface area contributed by atoms with Gasteiger partial charge in [-0.1, -0.05) is 18.0 Å². The summed E-state index contributed by atoms with van der Waals surface area (Å²) in [5, 5.41) is 8.38. The Hall–Kier alpha value is -3.34. The number of terminal acetylenes is 1. The molecule has 0 saturated carbocycles. The second-order valence-electron chi connectivity index (χ2n) is 6.48. The number of ether oxygens (including phenoxy) is 1. The quantitative estimate of drug-likeness (QED) is 0.684. The predicted octanol–water partition coefficient (Wildman–Crippen LogP) is 2.18. The Bertz CT molecular complexity index is 1090. The van der Waals surface area contributed by atoms with Crippen LogP contribution in [-0.4, -0.2) is 34.9 Å². The summed E-state index contributed by atoms with van der Waals surface area (Å²) in [6, 6.07) is 3.07. The molecule has 0 radical (unpaired) electrons. The van der Waals surface area contributed by atoms with Crippen LogP contribution in [0, 0.1) is 18.3 Å². The van der Waals surface area contributed by atoms with Gasteiger partial charge in [-0.3, -0.25) is 4.79 Å². The normalized spacial score (nSPS) is 22.1. The minimum absolute atomic E-state index is 0.0960. The van der Waals surface area contributed by atoms with Crippen LogP contribution in [0.15, 0.2) is 22.9 Å². The van der Waals surface area contributed by atoms with E-state index in [1.54, 1.807) is 12.1 Å². The van der Waals surface area contributed by atoms with E-state index in [-0.39, 0.29) is 12.4 Å². The van der Waals surface area contributed by atoms with Crippen molar-refractivity contribution in [3.8, 4) is 18.2 Å². The van der Waals surface area contributed by atoms with Crippen LogP contribution in [0.25, 0.3) is 21.7 Å². The number of rotatable bonds is 4. The summed E-state index contributed by atoms with van der Waals surface area (Å²) in [4.78, 5) is 15.9. The number of nitrogens with one attached hydrogen (secondary N) is 1. The number of benzene rings is 1. The SMILES string of the molecule is C#Cc1cnc(OCC2NC(=O)[C@@H](F)[C@H]2CC)c2cc3onc(N)c3cc12.